The normalized spacial score (nSPS) is 14.0. The zero-order valence-electron chi connectivity index (χ0n) is 12.5. The number of carbonyl (C=O) groups excluding carboxylic acids is 1. The first-order chi connectivity index (χ1) is 9.95. The monoisotopic (exact) mass is 307 g/mol. The van der Waals surface area contributed by atoms with Crippen LogP contribution in [0.1, 0.15) is 24.0 Å². The minimum Gasteiger partial charge on any atom is -0.480 e. The van der Waals surface area contributed by atoms with Crippen LogP contribution in [0.25, 0.3) is 0 Å². The molecule has 114 valence electrons. The molecule has 0 aliphatic heterocycles. The summed E-state index contributed by atoms with van der Waals surface area (Å²) in [6.45, 7) is 4.43. The summed E-state index contributed by atoms with van der Waals surface area (Å²) in [4.78, 5) is 25.7. The van der Waals surface area contributed by atoms with Crippen molar-refractivity contribution in [3.8, 4) is 0 Å². The quantitative estimate of drug-likeness (QED) is 0.787. The molecule has 0 radical (unpaired) electrons. The van der Waals surface area contributed by atoms with E-state index in [-0.39, 0.29) is 12.5 Å². The molecule has 1 aliphatic rings. The van der Waals surface area contributed by atoms with Gasteiger partial charge >= 0.3 is 5.97 Å². The van der Waals surface area contributed by atoms with Gasteiger partial charge in [-0.3, -0.25) is 9.59 Å². The van der Waals surface area contributed by atoms with Crippen molar-refractivity contribution in [2.24, 2.45) is 5.92 Å². The van der Waals surface area contributed by atoms with Crippen LogP contribution in [0.3, 0.4) is 0 Å². The predicted octanol–water partition coefficient (Wildman–Crippen LogP) is 2.72. The van der Waals surface area contributed by atoms with Crippen molar-refractivity contribution in [2.75, 3.05) is 18.8 Å². The van der Waals surface area contributed by atoms with Gasteiger partial charge in [0.1, 0.15) is 6.54 Å². The second kappa shape index (κ2) is 6.98. The molecule has 0 saturated heterocycles. The van der Waals surface area contributed by atoms with Gasteiger partial charge in [-0.25, -0.2) is 0 Å². The lowest BCUT2D eigenvalue weighted by Gasteiger charge is -2.20. The first kappa shape index (κ1) is 15.9. The highest BCUT2D eigenvalue weighted by atomic mass is 32.2. The molecule has 0 bridgehead atoms. The molecule has 0 heterocycles. The number of benzene rings is 1. The molecule has 21 heavy (non-hydrogen) atoms. The highest BCUT2D eigenvalue weighted by Gasteiger charge is 2.27. The molecular formula is C16H21NO3S. The van der Waals surface area contributed by atoms with Gasteiger partial charge in [0, 0.05) is 11.4 Å². The molecule has 1 fully saturated rings. The summed E-state index contributed by atoms with van der Waals surface area (Å²) in [5.74, 6) is -0.237. The fraction of sp³-hybridized carbons (Fsp3) is 0.500. The van der Waals surface area contributed by atoms with E-state index in [1.54, 1.807) is 0 Å². The van der Waals surface area contributed by atoms with Crippen molar-refractivity contribution in [3.05, 3.63) is 29.3 Å². The minimum atomic E-state index is -0.944. The van der Waals surface area contributed by atoms with Crippen molar-refractivity contribution in [1.82, 2.24) is 4.90 Å². The third kappa shape index (κ3) is 5.08. The number of rotatable bonds is 7. The molecule has 1 amide bonds. The van der Waals surface area contributed by atoms with Crippen molar-refractivity contribution in [2.45, 2.75) is 31.6 Å². The Labute approximate surface area is 129 Å². The van der Waals surface area contributed by atoms with E-state index in [4.69, 9.17) is 5.11 Å². The SMILES string of the molecule is Cc1ccc(C)c(SCC(=O)N(CC(=O)O)CC2CC2)c1. The van der Waals surface area contributed by atoms with Crippen LogP contribution in [0.2, 0.25) is 0 Å². The molecule has 1 aliphatic carbocycles. The summed E-state index contributed by atoms with van der Waals surface area (Å²) in [5, 5.41) is 8.93. The van der Waals surface area contributed by atoms with E-state index in [1.807, 2.05) is 26.0 Å². The van der Waals surface area contributed by atoms with Crippen LogP contribution in [0, 0.1) is 19.8 Å². The second-order valence-corrected chi connectivity index (χ2v) is 6.69. The predicted molar refractivity (Wildman–Crippen MR) is 83.6 cm³/mol. The van der Waals surface area contributed by atoms with Crippen LogP contribution in [-0.4, -0.2) is 40.7 Å². The Morgan fingerprint density at radius 1 is 1.33 bits per heavy atom. The van der Waals surface area contributed by atoms with Crippen LogP contribution in [-0.2, 0) is 9.59 Å². The molecular weight excluding hydrogens is 286 g/mol. The van der Waals surface area contributed by atoms with Gasteiger partial charge in [0.25, 0.3) is 0 Å². The van der Waals surface area contributed by atoms with Gasteiger partial charge in [-0.1, -0.05) is 17.7 Å². The molecule has 5 heteroatoms. The maximum absolute atomic E-state index is 12.3. The van der Waals surface area contributed by atoms with Gasteiger partial charge in [-0.15, -0.1) is 11.8 Å². The van der Waals surface area contributed by atoms with Crippen molar-refractivity contribution < 1.29 is 14.7 Å². The number of nitrogens with zero attached hydrogens (tertiary/aromatic N) is 1. The van der Waals surface area contributed by atoms with E-state index in [0.29, 0.717) is 18.2 Å². The fourth-order valence-corrected chi connectivity index (χ4v) is 3.15. The van der Waals surface area contributed by atoms with Gasteiger partial charge in [-0.2, -0.15) is 0 Å². The van der Waals surface area contributed by atoms with Gasteiger partial charge in [0.2, 0.25) is 5.91 Å². The summed E-state index contributed by atoms with van der Waals surface area (Å²) in [7, 11) is 0. The van der Waals surface area contributed by atoms with Crippen molar-refractivity contribution >= 4 is 23.6 Å². The Hall–Kier alpha value is -1.49. The Morgan fingerprint density at radius 3 is 2.67 bits per heavy atom. The molecule has 1 saturated carbocycles. The van der Waals surface area contributed by atoms with Crippen LogP contribution in [0.4, 0.5) is 0 Å². The smallest absolute Gasteiger partial charge is 0.323 e. The molecule has 0 spiro atoms. The maximum atomic E-state index is 12.3. The van der Waals surface area contributed by atoms with Crippen molar-refractivity contribution in [1.29, 1.82) is 0 Å². The number of thioether (sulfide) groups is 1. The number of carboxylic acid groups (broad SMARTS) is 1. The van der Waals surface area contributed by atoms with Crippen LogP contribution < -0.4 is 0 Å². The lowest BCUT2D eigenvalue weighted by Crippen LogP contribution is -2.38. The Kier molecular flexibility index (Phi) is 5.28. The van der Waals surface area contributed by atoms with Crippen LogP contribution in [0.5, 0.6) is 0 Å². The van der Waals surface area contributed by atoms with E-state index in [0.717, 1.165) is 28.9 Å². The first-order valence-corrected chi connectivity index (χ1v) is 8.14. The molecule has 1 aromatic carbocycles. The fourth-order valence-electron chi connectivity index (χ4n) is 2.12. The summed E-state index contributed by atoms with van der Waals surface area (Å²) in [5.41, 5.74) is 2.31. The van der Waals surface area contributed by atoms with Crippen molar-refractivity contribution in [3.63, 3.8) is 0 Å². The van der Waals surface area contributed by atoms with Gasteiger partial charge in [0.15, 0.2) is 0 Å². The second-order valence-electron chi connectivity index (χ2n) is 5.67. The number of hydrogen-bond acceptors (Lipinski definition) is 3. The third-order valence-corrected chi connectivity index (χ3v) is 4.69. The summed E-state index contributed by atoms with van der Waals surface area (Å²) in [6.07, 6.45) is 2.21. The molecule has 0 atom stereocenters. The van der Waals surface area contributed by atoms with Crippen LogP contribution >= 0.6 is 11.8 Å². The number of hydrogen-bond donors (Lipinski definition) is 1. The molecule has 4 nitrogen and oxygen atoms in total. The average molecular weight is 307 g/mol. The molecule has 0 aromatic heterocycles. The Balaban J connectivity index is 1.94. The molecule has 1 aromatic rings. The standard InChI is InChI=1S/C16H21NO3S/c1-11-3-4-12(2)14(7-11)21-10-15(18)17(9-16(19)20)8-13-5-6-13/h3-4,7,13H,5-6,8-10H2,1-2H3,(H,19,20). The third-order valence-electron chi connectivity index (χ3n) is 3.55. The minimum absolute atomic E-state index is 0.0878. The topological polar surface area (TPSA) is 57.6 Å². The van der Waals surface area contributed by atoms with E-state index >= 15 is 0 Å². The lowest BCUT2D eigenvalue weighted by atomic mass is 10.2. The lowest BCUT2D eigenvalue weighted by molar-refractivity contribution is -0.143. The zero-order valence-corrected chi connectivity index (χ0v) is 13.3. The Bertz CT molecular complexity index is 540. The van der Waals surface area contributed by atoms with E-state index in [9.17, 15) is 9.59 Å². The maximum Gasteiger partial charge on any atom is 0.323 e. The molecule has 0 unspecified atom stereocenters. The largest absolute Gasteiger partial charge is 0.480 e. The van der Waals surface area contributed by atoms with E-state index in [1.165, 1.54) is 16.7 Å². The first-order valence-electron chi connectivity index (χ1n) is 7.15. The highest BCUT2D eigenvalue weighted by Crippen LogP contribution is 2.30. The number of carboxylic acids is 1. The Morgan fingerprint density at radius 2 is 2.05 bits per heavy atom. The summed E-state index contributed by atoms with van der Waals surface area (Å²) < 4.78 is 0. The summed E-state index contributed by atoms with van der Waals surface area (Å²) in [6, 6.07) is 6.15. The number of amides is 1. The zero-order chi connectivity index (χ0) is 15.4. The van der Waals surface area contributed by atoms with Gasteiger partial charge < -0.3 is 10.0 Å². The molecule has 1 N–H and O–H groups in total. The average Bonchev–Trinajstić information content (AvgIpc) is 3.22. The van der Waals surface area contributed by atoms with Gasteiger partial charge in [-0.05, 0) is 44.2 Å². The number of aliphatic carboxylic acids is 1. The highest BCUT2D eigenvalue weighted by molar-refractivity contribution is 8.00. The summed E-state index contributed by atoms with van der Waals surface area (Å²) >= 11 is 1.49. The molecule has 2 rings (SSSR count). The number of carbonyl (C=O) groups is 2. The van der Waals surface area contributed by atoms with E-state index < -0.39 is 5.97 Å². The van der Waals surface area contributed by atoms with Crippen LogP contribution in [0.15, 0.2) is 23.1 Å². The van der Waals surface area contributed by atoms with Gasteiger partial charge in [0.05, 0.1) is 5.75 Å². The number of aryl methyl sites for hydroxylation is 2. The van der Waals surface area contributed by atoms with E-state index in [2.05, 4.69) is 6.07 Å².